The van der Waals surface area contributed by atoms with E-state index in [1.165, 1.54) is 0 Å². The number of nitrogens with one attached hydrogen (secondary N) is 2. The van der Waals surface area contributed by atoms with Crippen molar-refractivity contribution in [1.29, 1.82) is 0 Å². The molecule has 3 amide bonds. The molecule has 1 aromatic heterocycles. The van der Waals surface area contributed by atoms with Crippen LogP contribution in [0.2, 0.25) is 0 Å². The molecule has 0 aliphatic carbocycles. The number of amides is 3. The quantitative estimate of drug-likeness (QED) is 0.899. The van der Waals surface area contributed by atoms with Crippen LogP contribution in [-0.4, -0.2) is 30.0 Å². The molecule has 2 aromatic rings. The molecule has 1 aliphatic rings. The standard InChI is InChI=1S/C19H22N4O2/c1-12(2)22-19(25)21-10-13-6-16(11-20-9-13)14-4-5-17-15(7-14)8-18(24)23(17)3/h4-7,9,11-12H,8,10H2,1-3H3,(H2,21,22,25). The van der Waals surface area contributed by atoms with Gasteiger partial charge in [0.1, 0.15) is 0 Å². The molecular formula is C19H22N4O2. The van der Waals surface area contributed by atoms with Crippen molar-refractivity contribution in [1.82, 2.24) is 15.6 Å². The van der Waals surface area contributed by atoms with Gasteiger partial charge in [0, 0.05) is 43.3 Å². The molecule has 0 bridgehead atoms. The number of anilines is 1. The number of hydrogen-bond acceptors (Lipinski definition) is 3. The van der Waals surface area contributed by atoms with Crippen LogP contribution < -0.4 is 15.5 Å². The van der Waals surface area contributed by atoms with Gasteiger partial charge in [-0.15, -0.1) is 0 Å². The summed E-state index contributed by atoms with van der Waals surface area (Å²) in [5, 5.41) is 5.61. The van der Waals surface area contributed by atoms with Crippen LogP contribution in [0.5, 0.6) is 0 Å². The van der Waals surface area contributed by atoms with Gasteiger partial charge in [-0.1, -0.05) is 6.07 Å². The molecule has 6 heteroatoms. The van der Waals surface area contributed by atoms with Gasteiger partial charge in [0.15, 0.2) is 0 Å². The molecule has 6 nitrogen and oxygen atoms in total. The molecule has 0 radical (unpaired) electrons. The van der Waals surface area contributed by atoms with E-state index in [4.69, 9.17) is 0 Å². The molecule has 3 rings (SSSR count). The fourth-order valence-corrected chi connectivity index (χ4v) is 2.89. The molecule has 0 fully saturated rings. The van der Waals surface area contributed by atoms with Crippen LogP contribution in [0.15, 0.2) is 36.7 Å². The Hall–Kier alpha value is -2.89. The highest BCUT2D eigenvalue weighted by atomic mass is 16.2. The van der Waals surface area contributed by atoms with Crippen LogP contribution >= 0.6 is 0 Å². The number of benzene rings is 1. The van der Waals surface area contributed by atoms with Gasteiger partial charge >= 0.3 is 6.03 Å². The highest BCUT2D eigenvalue weighted by Gasteiger charge is 2.23. The zero-order valence-electron chi connectivity index (χ0n) is 14.7. The zero-order valence-corrected chi connectivity index (χ0v) is 14.7. The predicted molar refractivity (Wildman–Crippen MR) is 97.3 cm³/mol. The van der Waals surface area contributed by atoms with E-state index in [-0.39, 0.29) is 18.0 Å². The van der Waals surface area contributed by atoms with Crippen LogP contribution in [0, 0.1) is 0 Å². The second kappa shape index (κ2) is 6.93. The first-order chi connectivity index (χ1) is 11.9. The molecule has 0 atom stereocenters. The third-order valence-electron chi connectivity index (χ3n) is 4.16. The van der Waals surface area contributed by atoms with Crippen LogP contribution in [0.25, 0.3) is 11.1 Å². The number of urea groups is 1. The summed E-state index contributed by atoms with van der Waals surface area (Å²) in [4.78, 5) is 29.5. The third-order valence-corrected chi connectivity index (χ3v) is 4.16. The summed E-state index contributed by atoms with van der Waals surface area (Å²) in [6.45, 7) is 4.24. The van der Waals surface area contributed by atoms with Crippen molar-refractivity contribution in [2.24, 2.45) is 0 Å². The smallest absolute Gasteiger partial charge is 0.315 e. The first-order valence-electron chi connectivity index (χ1n) is 8.32. The molecule has 2 heterocycles. The van der Waals surface area contributed by atoms with Gasteiger partial charge in [-0.05, 0) is 48.7 Å². The summed E-state index contributed by atoms with van der Waals surface area (Å²) in [6, 6.07) is 7.90. The van der Waals surface area contributed by atoms with Crippen molar-refractivity contribution in [2.75, 3.05) is 11.9 Å². The Kier molecular flexibility index (Phi) is 4.70. The van der Waals surface area contributed by atoms with Gasteiger partial charge in [0.05, 0.1) is 6.42 Å². The Bertz CT molecular complexity index is 817. The van der Waals surface area contributed by atoms with Gasteiger partial charge in [-0.3, -0.25) is 9.78 Å². The number of rotatable bonds is 4. The summed E-state index contributed by atoms with van der Waals surface area (Å²) in [5.74, 6) is 0.111. The summed E-state index contributed by atoms with van der Waals surface area (Å²) in [6.07, 6.45) is 3.97. The molecular weight excluding hydrogens is 316 g/mol. The van der Waals surface area contributed by atoms with Crippen molar-refractivity contribution >= 4 is 17.6 Å². The summed E-state index contributed by atoms with van der Waals surface area (Å²) in [7, 11) is 1.80. The first kappa shape index (κ1) is 17.0. The van der Waals surface area contributed by atoms with E-state index in [9.17, 15) is 9.59 Å². The summed E-state index contributed by atoms with van der Waals surface area (Å²) < 4.78 is 0. The van der Waals surface area contributed by atoms with Crippen LogP contribution in [0.4, 0.5) is 10.5 Å². The zero-order chi connectivity index (χ0) is 18.0. The molecule has 25 heavy (non-hydrogen) atoms. The molecule has 0 saturated heterocycles. The summed E-state index contributed by atoms with van der Waals surface area (Å²) in [5.41, 5.74) is 4.90. The van der Waals surface area contributed by atoms with Crippen LogP contribution in [0.3, 0.4) is 0 Å². The number of likely N-dealkylation sites (N-methyl/N-ethyl adjacent to an activating group) is 1. The molecule has 2 N–H and O–H groups in total. The lowest BCUT2D eigenvalue weighted by atomic mass is 10.0. The fraction of sp³-hybridized carbons (Fsp3) is 0.316. The van der Waals surface area contributed by atoms with Crippen molar-refractivity contribution < 1.29 is 9.59 Å². The molecule has 0 saturated carbocycles. The Labute approximate surface area is 147 Å². The van der Waals surface area contributed by atoms with E-state index >= 15 is 0 Å². The Morgan fingerprint density at radius 3 is 2.80 bits per heavy atom. The molecule has 1 aliphatic heterocycles. The van der Waals surface area contributed by atoms with E-state index in [1.54, 1.807) is 24.3 Å². The molecule has 130 valence electrons. The van der Waals surface area contributed by atoms with Crippen molar-refractivity contribution in [3.05, 3.63) is 47.8 Å². The lowest BCUT2D eigenvalue weighted by Gasteiger charge is -2.12. The van der Waals surface area contributed by atoms with Crippen LogP contribution in [-0.2, 0) is 17.8 Å². The Balaban J connectivity index is 1.75. The van der Waals surface area contributed by atoms with E-state index < -0.39 is 0 Å². The number of pyridine rings is 1. The van der Waals surface area contributed by atoms with Crippen LogP contribution in [0.1, 0.15) is 25.0 Å². The highest BCUT2D eigenvalue weighted by molar-refractivity contribution is 6.01. The van der Waals surface area contributed by atoms with Crippen molar-refractivity contribution in [3.8, 4) is 11.1 Å². The SMILES string of the molecule is CC(C)NC(=O)NCc1cncc(-c2ccc3c(c2)CC(=O)N3C)c1. The molecule has 1 aromatic carbocycles. The first-order valence-corrected chi connectivity index (χ1v) is 8.32. The second-order valence-corrected chi connectivity index (χ2v) is 6.54. The number of carbonyl (C=O) groups excluding carboxylic acids is 2. The van der Waals surface area contributed by atoms with Crippen molar-refractivity contribution in [2.45, 2.75) is 32.9 Å². The second-order valence-electron chi connectivity index (χ2n) is 6.54. The van der Waals surface area contributed by atoms with Gasteiger partial charge < -0.3 is 15.5 Å². The minimum Gasteiger partial charge on any atom is -0.336 e. The number of aromatic nitrogens is 1. The predicted octanol–water partition coefficient (Wildman–Crippen LogP) is 2.48. The average Bonchev–Trinajstić information content (AvgIpc) is 2.86. The third kappa shape index (κ3) is 3.79. The maximum atomic E-state index is 11.8. The monoisotopic (exact) mass is 338 g/mol. The molecule has 0 unspecified atom stereocenters. The maximum absolute atomic E-state index is 11.8. The maximum Gasteiger partial charge on any atom is 0.315 e. The number of fused-ring (bicyclic) bond motifs is 1. The topological polar surface area (TPSA) is 74.3 Å². The highest BCUT2D eigenvalue weighted by Crippen LogP contribution is 2.31. The van der Waals surface area contributed by atoms with Gasteiger partial charge in [-0.2, -0.15) is 0 Å². The summed E-state index contributed by atoms with van der Waals surface area (Å²) >= 11 is 0. The number of nitrogens with zero attached hydrogens (tertiary/aromatic N) is 2. The Morgan fingerprint density at radius 1 is 1.24 bits per heavy atom. The van der Waals surface area contributed by atoms with E-state index in [1.807, 2.05) is 38.1 Å². The number of carbonyl (C=O) groups is 2. The van der Waals surface area contributed by atoms with Gasteiger partial charge in [-0.25, -0.2) is 4.79 Å². The van der Waals surface area contributed by atoms with Crippen molar-refractivity contribution in [3.63, 3.8) is 0 Å². The normalized spacial score (nSPS) is 13.1. The lowest BCUT2D eigenvalue weighted by molar-refractivity contribution is -0.117. The lowest BCUT2D eigenvalue weighted by Crippen LogP contribution is -2.39. The van der Waals surface area contributed by atoms with E-state index in [2.05, 4.69) is 15.6 Å². The minimum absolute atomic E-state index is 0.0942. The minimum atomic E-state index is -0.195. The van der Waals surface area contributed by atoms with Gasteiger partial charge in [0.25, 0.3) is 0 Å². The Morgan fingerprint density at radius 2 is 2.04 bits per heavy atom. The molecule has 0 spiro atoms. The van der Waals surface area contributed by atoms with Gasteiger partial charge in [0.2, 0.25) is 5.91 Å². The number of hydrogen-bond donors (Lipinski definition) is 2. The average molecular weight is 338 g/mol. The fourth-order valence-electron chi connectivity index (χ4n) is 2.89. The largest absolute Gasteiger partial charge is 0.336 e. The van der Waals surface area contributed by atoms with E-state index in [0.717, 1.165) is 27.9 Å². The van der Waals surface area contributed by atoms with E-state index in [0.29, 0.717) is 13.0 Å².